The molecule has 0 saturated heterocycles. The van der Waals surface area contributed by atoms with Crippen LogP contribution in [-0.2, 0) is 13.6 Å². The lowest BCUT2D eigenvalue weighted by Gasteiger charge is -2.08. The van der Waals surface area contributed by atoms with Crippen molar-refractivity contribution in [3.8, 4) is 11.5 Å². The highest BCUT2D eigenvalue weighted by Crippen LogP contribution is 2.19. The number of carbonyl (C=O) groups excluding carboxylic acids is 1. The van der Waals surface area contributed by atoms with Gasteiger partial charge in [0.25, 0.3) is 5.91 Å². The maximum atomic E-state index is 12.7. The van der Waals surface area contributed by atoms with Crippen LogP contribution in [0, 0.1) is 0 Å². The van der Waals surface area contributed by atoms with Crippen LogP contribution in [0.25, 0.3) is 22.8 Å². The van der Waals surface area contributed by atoms with Gasteiger partial charge in [-0.3, -0.25) is 9.20 Å². The zero-order chi connectivity index (χ0) is 19.1. The van der Waals surface area contributed by atoms with Gasteiger partial charge in [0, 0.05) is 19.4 Å². The molecule has 5 aromatic rings. The molecule has 1 N–H and O–H groups in total. The van der Waals surface area contributed by atoms with E-state index in [1.54, 1.807) is 22.8 Å². The number of nitrogens with one attached hydrogen (secondary N) is 1. The molecule has 0 aliphatic carbocycles. The van der Waals surface area contributed by atoms with Gasteiger partial charge in [-0.1, -0.05) is 6.07 Å². The molecule has 0 spiro atoms. The summed E-state index contributed by atoms with van der Waals surface area (Å²) in [6, 6.07) is 13.1. The molecule has 0 fully saturated rings. The summed E-state index contributed by atoms with van der Waals surface area (Å²) in [7, 11) is 1.94. The topological polar surface area (TPSA) is 94.4 Å². The molecule has 0 radical (unpaired) electrons. The molecule has 0 aromatic carbocycles. The van der Waals surface area contributed by atoms with Gasteiger partial charge in [-0.05, 0) is 36.4 Å². The first-order chi connectivity index (χ1) is 13.7. The molecule has 0 saturated carbocycles. The van der Waals surface area contributed by atoms with Gasteiger partial charge in [-0.25, -0.2) is 9.50 Å². The lowest BCUT2D eigenvalue weighted by molar-refractivity contribution is 0.0950. The summed E-state index contributed by atoms with van der Waals surface area (Å²) in [6.45, 7) is 0.338. The first kappa shape index (κ1) is 16.2. The number of pyridine rings is 2. The Bertz CT molecular complexity index is 1310. The number of rotatable bonds is 4. The van der Waals surface area contributed by atoms with Gasteiger partial charge in [0.1, 0.15) is 6.33 Å². The van der Waals surface area contributed by atoms with Crippen molar-refractivity contribution in [2.45, 2.75) is 6.54 Å². The maximum absolute atomic E-state index is 12.7. The van der Waals surface area contributed by atoms with Crippen molar-refractivity contribution in [3.63, 3.8) is 0 Å². The summed E-state index contributed by atoms with van der Waals surface area (Å²) < 4.78 is 5.49. The zero-order valence-corrected chi connectivity index (χ0v) is 15.0. The molecule has 5 aromatic heterocycles. The fraction of sp³-hybridized carbons (Fsp3) is 0.105. The number of fused-ring (bicyclic) bond motifs is 2. The van der Waals surface area contributed by atoms with Crippen LogP contribution in [-0.4, -0.2) is 39.7 Å². The molecular formula is C19H16N8O. The Balaban J connectivity index is 1.43. The second-order valence-corrected chi connectivity index (χ2v) is 6.40. The lowest BCUT2D eigenvalue weighted by Crippen LogP contribution is -2.24. The van der Waals surface area contributed by atoms with Crippen molar-refractivity contribution in [1.82, 2.24) is 39.1 Å². The van der Waals surface area contributed by atoms with Crippen molar-refractivity contribution in [3.05, 3.63) is 72.4 Å². The van der Waals surface area contributed by atoms with E-state index >= 15 is 0 Å². The van der Waals surface area contributed by atoms with E-state index in [1.807, 2.05) is 52.5 Å². The smallest absolute Gasteiger partial charge is 0.253 e. The van der Waals surface area contributed by atoms with Crippen molar-refractivity contribution in [2.24, 2.45) is 7.05 Å². The Kier molecular flexibility index (Phi) is 3.64. The second kappa shape index (κ2) is 6.31. The third kappa shape index (κ3) is 2.60. The first-order valence-electron chi connectivity index (χ1n) is 8.73. The van der Waals surface area contributed by atoms with Gasteiger partial charge >= 0.3 is 0 Å². The number of carbonyl (C=O) groups is 1. The fourth-order valence-electron chi connectivity index (χ4n) is 3.20. The monoisotopic (exact) mass is 372 g/mol. The second-order valence-electron chi connectivity index (χ2n) is 6.40. The summed E-state index contributed by atoms with van der Waals surface area (Å²) in [5.74, 6) is 0.495. The molecule has 0 aliphatic heterocycles. The number of aromatic nitrogens is 7. The Morgan fingerprint density at radius 3 is 2.86 bits per heavy atom. The molecule has 9 nitrogen and oxygen atoms in total. The highest BCUT2D eigenvalue weighted by molar-refractivity contribution is 5.94. The molecule has 0 aliphatic rings. The average molecular weight is 372 g/mol. The van der Waals surface area contributed by atoms with E-state index < -0.39 is 0 Å². The van der Waals surface area contributed by atoms with Crippen LogP contribution in [0.3, 0.4) is 0 Å². The molecule has 5 heterocycles. The predicted octanol–water partition coefficient (Wildman–Crippen LogP) is 1.71. The highest BCUT2D eigenvalue weighted by atomic mass is 16.1. The Morgan fingerprint density at radius 2 is 2.00 bits per heavy atom. The van der Waals surface area contributed by atoms with E-state index in [2.05, 4.69) is 25.6 Å². The number of hydrogen-bond acceptors (Lipinski definition) is 5. The maximum Gasteiger partial charge on any atom is 0.253 e. The highest BCUT2D eigenvalue weighted by Gasteiger charge is 2.14. The van der Waals surface area contributed by atoms with E-state index in [0.717, 1.165) is 17.0 Å². The third-order valence-electron chi connectivity index (χ3n) is 4.65. The molecule has 28 heavy (non-hydrogen) atoms. The van der Waals surface area contributed by atoms with Crippen LogP contribution in [0.15, 0.2) is 61.2 Å². The molecule has 0 unspecified atom stereocenters. The normalized spacial score (nSPS) is 11.3. The zero-order valence-electron chi connectivity index (χ0n) is 15.0. The van der Waals surface area contributed by atoms with Crippen LogP contribution in [0.4, 0.5) is 0 Å². The van der Waals surface area contributed by atoms with E-state index in [9.17, 15) is 4.79 Å². The van der Waals surface area contributed by atoms with E-state index in [0.29, 0.717) is 23.6 Å². The fourth-order valence-corrected chi connectivity index (χ4v) is 3.20. The van der Waals surface area contributed by atoms with Gasteiger partial charge < -0.3 is 9.88 Å². The van der Waals surface area contributed by atoms with Crippen molar-refractivity contribution >= 4 is 17.2 Å². The molecule has 0 atom stereocenters. The summed E-state index contributed by atoms with van der Waals surface area (Å²) in [5.41, 5.74) is 3.71. The van der Waals surface area contributed by atoms with Gasteiger partial charge in [0.2, 0.25) is 0 Å². The lowest BCUT2D eigenvalue weighted by atomic mass is 10.2. The quantitative estimate of drug-likeness (QED) is 0.518. The van der Waals surface area contributed by atoms with Gasteiger partial charge in [0.15, 0.2) is 17.1 Å². The third-order valence-corrected chi connectivity index (χ3v) is 4.65. The predicted molar refractivity (Wildman–Crippen MR) is 102 cm³/mol. The SMILES string of the molecule is Cn1cccc1-c1nnc2ccc(C(=O)NCc3cccc4ncnn34)cn12. The molecule has 9 heteroatoms. The summed E-state index contributed by atoms with van der Waals surface area (Å²) >= 11 is 0. The van der Waals surface area contributed by atoms with Gasteiger partial charge in [-0.15, -0.1) is 10.2 Å². The van der Waals surface area contributed by atoms with Crippen molar-refractivity contribution in [2.75, 3.05) is 0 Å². The number of nitrogens with zero attached hydrogens (tertiary/aromatic N) is 7. The summed E-state index contributed by atoms with van der Waals surface area (Å²) in [5, 5.41) is 15.6. The number of amides is 1. The first-order valence-corrected chi connectivity index (χ1v) is 8.73. The van der Waals surface area contributed by atoms with Crippen LogP contribution >= 0.6 is 0 Å². The van der Waals surface area contributed by atoms with Gasteiger partial charge in [-0.2, -0.15) is 5.10 Å². The largest absolute Gasteiger partial charge is 0.348 e. The molecule has 138 valence electrons. The van der Waals surface area contributed by atoms with E-state index in [4.69, 9.17) is 0 Å². The van der Waals surface area contributed by atoms with E-state index in [-0.39, 0.29) is 5.91 Å². The van der Waals surface area contributed by atoms with Crippen LogP contribution in [0.2, 0.25) is 0 Å². The van der Waals surface area contributed by atoms with Crippen molar-refractivity contribution < 1.29 is 4.79 Å². The minimum Gasteiger partial charge on any atom is -0.348 e. The summed E-state index contributed by atoms with van der Waals surface area (Å²) in [4.78, 5) is 16.9. The Morgan fingerprint density at radius 1 is 1.07 bits per heavy atom. The Hall–Kier alpha value is -4.01. The molecular weight excluding hydrogens is 356 g/mol. The van der Waals surface area contributed by atoms with Crippen molar-refractivity contribution in [1.29, 1.82) is 0 Å². The molecule has 0 bridgehead atoms. The number of hydrogen-bond donors (Lipinski definition) is 1. The van der Waals surface area contributed by atoms with Gasteiger partial charge in [0.05, 0.1) is 23.5 Å². The van der Waals surface area contributed by atoms with Crippen LogP contribution in [0.1, 0.15) is 16.1 Å². The average Bonchev–Trinajstić information content (AvgIpc) is 3.44. The standard InChI is InChI=1S/C19H16N8O/c1-25-9-3-5-15(25)18-24-23-17-8-7-13(11-26(17)18)19(28)20-10-14-4-2-6-16-21-12-22-27(14)16/h2-9,11-12H,10H2,1H3,(H,20,28). The van der Waals surface area contributed by atoms with Crippen LogP contribution in [0.5, 0.6) is 0 Å². The minimum absolute atomic E-state index is 0.189. The van der Waals surface area contributed by atoms with E-state index in [1.165, 1.54) is 6.33 Å². The minimum atomic E-state index is -0.189. The van der Waals surface area contributed by atoms with Crippen LogP contribution < -0.4 is 5.32 Å². The number of aryl methyl sites for hydroxylation is 1. The summed E-state index contributed by atoms with van der Waals surface area (Å²) in [6.07, 6.45) is 5.19. The Labute approximate surface area is 159 Å². The molecule has 1 amide bonds. The molecule has 5 rings (SSSR count).